The van der Waals surface area contributed by atoms with Gasteiger partial charge in [-0.15, -0.1) is 10.2 Å². The van der Waals surface area contributed by atoms with Crippen molar-refractivity contribution >= 4 is 35.0 Å². The van der Waals surface area contributed by atoms with Crippen LogP contribution >= 0.6 is 23.4 Å². The van der Waals surface area contributed by atoms with E-state index in [9.17, 15) is 14.9 Å². The van der Waals surface area contributed by atoms with Crippen LogP contribution in [0, 0.1) is 10.1 Å². The topological polar surface area (TPSA) is 103 Å². The number of benzene rings is 2. The molecule has 0 saturated heterocycles. The number of hydrogen-bond acceptors (Lipinski definition) is 6. The first-order chi connectivity index (χ1) is 14.0. The van der Waals surface area contributed by atoms with Gasteiger partial charge in [-0.2, -0.15) is 0 Å². The van der Waals surface area contributed by atoms with E-state index in [0.717, 1.165) is 0 Å². The number of para-hydroxylation sites is 1. The molecule has 0 spiro atoms. The number of rotatable bonds is 8. The zero-order valence-corrected chi connectivity index (χ0v) is 17.1. The van der Waals surface area contributed by atoms with Crippen LogP contribution in [0.3, 0.4) is 0 Å². The Bertz CT molecular complexity index is 1020. The van der Waals surface area contributed by atoms with E-state index in [2.05, 4.69) is 15.5 Å². The van der Waals surface area contributed by atoms with E-state index in [1.165, 1.54) is 17.8 Å². The average molecular weight is 432 g/mol. The average Bonchev–Trinajstić information content (AvgIpc) is 3.06. The smallest absolute Gasteiger partial charge is 0.273 e. The fourth-order valence-corrected chi connectivity index (χ4v) is 3.69. The number of nitrogens with one attached hydrogen (secondary N) is 1. The summed E-state index contributed by atoms with van der Waals surface area (Å²) in [6, 6.07) is 13.3. The Labute approximate surface area is 176 Å². The van der Waals surface area contributed by atoms with Crippen molar-refractivity contribution in [2.75, 3.05) is 6.54 Å². The number of nitrogens with zero attached hydrogens (tertiary/aromatic N) is 4. The summed E-state index contributed by atoms with van der Waals surface area (Å²) in [4.78, 5) is 22.9. The molecule has 0 bridgehead atoms. The van der Waals surface area contributed by atoms with Gasteiger partial charge in [-0.25, -0.2) is 0 Å². The molecule has 1 aromatic heterocycles. The number of hydrogen-bond donors (Lipinski definition) is 1. The zero-order valence-electron chi connectivity index (χ0n) is 15.5. The van der Waals surface area contributed by atoms with Crippen LogP contribution in [-0.2, 0) is 19.2 Å². The minimum atomic E-state index is -0.388. The molecule has 1 N–H and O–H groups in total. The third kappa shape index (κ3) is 5.33. The third-order valence-corrected chi connectivity index (χ3v) is 5.53. The van der Waals surface area contributed by atoms with Crippen molar-refractivity contribution < 1.29 is 9.72 Å². The van der Waals surface area contributed by atoms with Crippen LogP contribution in [0.1, 0.15) is 21.7 Å². The molecule has 0 radical (unpaired) electrons. The Hall–Kier alpha value is -2.91. The molecule has 2 aromatic carbocycles. The lowest BCUT2D eigenvalue weighted by Gasteiger charge is -2.06. The quantitative estimate of drug-likeness (QED) is 0.332. The van der Waals surface area contributed by atoms with Gasteiger partial charge in [0.2, 0.25) is 0 Å². The van der Waals surface area contributed by atoms with E-state index in [1.54, 1.807) is 42.5 Å². The van der Waals surface area contributed by atoms with Gasteiger partial charge in [-0.3, -0.25) is 14.9 Å². The van der Waals surface area contributed by atoms with Crippen LogP contribution in [-0.4, -0.2) is 32.1 Å². The van der Waals surface area contributed by atoms with Gasteiger partial charge >= 0.3 is 0 Å². The first kappa shape index (κ1) is 20.8. The number of carbonyl (C=O) groups excluding carboxylic acids is 1. The van der Waals surface area contributed by atoms with E-state index in [-0.39, 0.29) is 16.5 Å². The van der Waals surface area contributed by atoms with Gasteiger partial charge in [-0.1, -0.05) is 41.6 Å². The maximum Gasteiger partial charge on any atom is 0.273 e. The molecule has 150 valence electrons. The lowest BCUT2D eigenvalue weighted by molar-refractivity contribution is -0.385. The summed E-state index contributed by atoms with van der Waals surface area (Å²) in [5, 5.41) is 23.5. The fourth-order valence-electron chi connectivity index (χ4n) is 2.63. The molecule has 0 fully saturated rings. The predicted molar refractivity (Wildman–Crippen MR) is 111 cm³/mol. The second-order valence-electron chi connectivity index (χ2n) is 6.15. The Morgan fingerprint density at radius 1 is 1.21 bits per heavy atom. The molecule has 0 unspecified atom stereocenters. The Kier molecular flexibility index (Phi) is 6.84. The summed E-state index contributed by atoms with van der Waals surface area (Å²) in [6.07, 6.45) is 0.509. The fraction of sp³-hybridized carbons (Fsp3) is 0.211. The standard InChI is InChI=1S/C19H18ClN5O3S/c1-24-17(10-11-21-18(26)13-6-8-15(20)9-7-13)22-23-19(24)29-12-14-4-2-3-5-16(14)25(27)28/h2-9H,10-12H2,1H3,(H,21,26). The van der Waals surface area contributed by atoms with Crippen LogP contribution in [0.4, 0.5) is 5.69 Å². The molecule has 8 nitrogen and oxygen atoms in total. The van der Waals surface area contributed by atoms with Crippen LogP contribution in [0.2, 0.25) is 5.02 Å². The maximum atomic E-state index is 12.1. The summed E-state index contributed by atoms with van der Waals surface area (Å²) in [5.74, 6) is 0.942. The molecule has 0 atom stereocenters. The number of halogens is 1. The van der Waals surface area contributed by atoms with Gasteiger partial charge < -0.3 is 9.88 Å². The van der Waals surface area contributed by atoms with E-state index in [4.69, 9.17) is 11.6 Å². The lowest BCUT2D eigenvalue weighted by atomic mass is 10.2. The molecular formula is C19H18ClN5O3S. The SMILES string of the molecule is Cn1c(CCNC(=O)c2ccc(Cl)cc2)nnc1SCc1ccccc1[N+](=O)[O-]. The van der Waals surface area contributed by atoms with Crippen LogP contribution in [0.15, 0.2) is 53.7 Å². The minimum absolute atomic E-state index is 0.0901. The summed E-state index contributed by atoms with van der Waals surface area (Å²) < 4.78 is 1.83. The Morgan fingerprint density at radius 2 is 1.93 bits per heavy atom. The minimum Gasteiger partial charge on any atom is -0.352 e. The van der Waals surface area contributed by atoms with E-state index < -0.39 is 0 Å². The number of thioether (sulfide) groups is 1. The highest BCUT2D eigenvalue weighted by molar-refractivity contribution is 7.98. The molecule has 1 heterocycles. The van der Waals surface area contributed by atoms with Crippen LogP contribution in [0.25, 0.3) is 0 Å². The molecule has 10 heteroatoms. The highest BCUT2D eigenvalue weighted by atomic mass is 35.5. The molecule has 0 aliphatic heterocycles. The van der Waals surface area contributed by atoms with Crippen LogP contribution in [0.5, 0.6) is 0 Å². The van der Waals surface area contributed by atoms with Crippen molar-refractivity contribution in [3.8, 4) is 0 Å². The van der Waals surface area contributed by atoms with Crippen molar-refractivity contribution in [2.45, 2.75) is 17.3 Å². The van der Waals surface area contributed by atoms with E-state index in [0.29, 0.717) is 45.8 Å². The van der Waals surface area contributed by atoms with Crippen LogP contribution < -0.4 is 5.32 Å². The first-order valence-corrected chi connectivity index (χ1v) is 10.1. The third-order valence-electron chi connectivity index (χ3n) is 4.21. The van der Waals surface area contributed by atoms with Crippen molar-refractivity contribution in [1.82, 2.24) is 20.1 Å². The van der Waals surface area contributed by atoms with Gasteiger partial charge in [-0.05, 0) is 24.3 Å². The Balaban J connectivity index is 1.55. The summed E-state index contributed by atoms with van der Waals surface area (Å²) in [6.45, 7) is 0.405. The second-order valence-corrected chi connectivity index (χ2v) is 7.52. The molecule has 0 saturated carbocycles. The summed E-state index contributed by atoms with van der Waals surface area (Å²) in [5.41, 5.74) is 1.25. The van der Waals surface area contributed by atoms with E-state index >= 15 is 0 Å². The van der Waals surface area contributed by atoms with Crippen molar-refractivity contribution in [3.05, 3.63) is 80.6 Å². The highest BCUT2D eigenvalue weighted by Gasteiger charge is 2.15. The number of nitro benzene ring substituents is 1. The molecule has 0 aliphatic rings. The molecule has 1 amide bonds. The van der Waals surface area contributed by atoms with Gasteiger partial charge in [0.05, 0.1) is 4.92 Å². The van der Waals surface area contributed by atoms with E-state index in [1.807, 2.05) is 11.6 Å². The number of aromatic nitrogens is 3. The largest absolute Gasteiger partial charge is 0.352 e. The van der Waals surface area contributed by atoms with Crippen molar-refractivity contribution in [3.63, 3.8) is 0 Å². The lowest BCUT2D eigenvalue weighted by Crippen LogP contribution is -2.26. The second kappa shape index (κ2) is 9.53. The van der Waals surface area contributed by atoms with Gasteiger partial charge in [0.25, 0.3) is 11.6 Å². The highest BCUT2D eigenvalue weighted by Crippen LogP contribution is 2.26. The summed E-state index contributed by atoms with van der Waals surface area (Å²) >= 11 is 7.20. The molecule has 29 heavy (non-hydrogen) atoms. The number of nitro groups is 1. The van der Waals surface area contributed by atoms with Gasteiger partial charge in [0.15, 0.2) is 5.16 Å². The maximum absolute atomic E-state index is 12.1. The van der Waals surface area contributed by atoms with Crippen molar-refractivity contribution in [1.29, 1.82) is 0 Å². The molecule has 3 rings (SSSR count). The van der Waals surface area contributed by atoms with Gasteiger partial charge in [0.1, 0.15) is 5.82 Å². The van der Waals surface area contributed by atoms with Crippen molar-refractivity contribution in [2.24, 2.45) is 7.05 Å². The normalized spacial score (nSPS) is 10.7. The summed E-state index contributed by atoms with van der Waals surface area (Å²) in [7, 11) is 1.83. The number of amides is 1. The van der Waals surface area contributed by atoms with Gasteiger partial charge in [0, 0.05) is 48.0 Å². The molecule has 3 aromatic rings. The first-order valence-electron chi connectivity index (χ1n) is 8.73. The molecular weight excluding hydrogens is 414 g/mol. The zero-order chi connectivity index (χ0) is 20.8. The number of carbonyl (C=O) groups is 1. The monoisotopic (exact) mass is 431 g/mol. The Morgan fingerprint density at radius 3 is 2.66 bits per heavy atom. The predicted octanol–water partition coefficient (Wildman–Crippen LogP) is 3.64. The molecule has 0 aliphatic carbocycles.